The van der Waals surface area contributed by atoms with Gasteiger partial charge in [0.15, 0.2) is 5.82 Å². The first-order valence-electron chi connectivity index (χ1n) is 9.90. The largest absolute Gasteiger partial charge is 0.325 e. The van der Waals surface area contributed by atoms with Crippen LogP contribution in [0.2, 0.25) is 5.02 Å². The molecule has 0 aliphatic heterocycles. The van der Waals surface area contributed by atoms with Crippen LogP contribution in [0.3, 0.4) is 0 Å². The monoisotopic (exact) mass is 441 g/mol. The van der Waals surface area contributed by atoms with E-state index in [0.717, 1.165) is 29.5 Å². The highest BCUT2D eigenvalue weighted by Crippen LogP contribution is 2.49. The Labute approximate surface area is 188 Å². The molecule has 8 nitrogen and oxygen atoms in total. The van der Waals surface area contributed by atoms with Gasteiger partial charge in [-0.05, 0) is 64.7 Å². The number of anilines is 1. The van der Waals surface area contributed by atoms with Crippen molar-refractivity contribution < 1.29 is 4.79 Å². The molecule has 0 spiro atoms. The van der Waals surface area contributed by atoms with Crippen molar-refractivity contribution >= 4 is 23.2 Å². The van der Waals surface area contributed by atoms with Crippen molar-refractivity contribution in [2.45, 2.75) is 18.3 Å². The molecule has 1 fully saturated rings. The van der Waals surface area contributed by atoms with Gasteiger partial charge in [0.1, 0.15) is 6.07 Å². The van der Waals surface area contributed by atoms with Gasteiger partial charge in [0.05, 0.1) is 11.0 Å². The van der Waals surface area contributed by atoms with Crippen LogP contribution >= 0.6 is 11.6 Å². The molecule has 156 valence electrons. The number of halogens is 1. The van der Waals surface area contributed by atoms with Crippen molar-refractivity contribution in [3.8, 4) is 28.6 Å². The minimum atomic E-state index is -0.567. The Hall–Kier alpha value is -4.09. The van der Waals surface area contributed by atoms with Gasteiger partial charge in [-0.3, -0.25) is 9.78 Å². The number of pyridine rings is 1. The average Bonchev–Trinajstić information content (AvgIpc) is 3.46. The lowest BCUT2D eigenvalue weighted by Crippen LogP contribution is -2.27. The summed E-state index contributed by atoms with van der Waals surface area (Å²) in [5.41, 5.74) is 3.60. The minimum absolute atomic E-state index is 0.0812. The average molecular weight is 442 g/mol. The van der Waals surface area contributed by atoms with Crippen LogP contribution < -0.4 is 5.32 Å². The van der Waals surface area contributed by atoms with Crippen LogP contribution in [0.15, 0.2) is 60.9 Å². The maximum atomic E-state index is 13.2. The highest BCUT2D eigenvalue weighted by atomic mass is 35.5. The molecule has 32 heavy (non-hydrogen) atoms. The molecule has 0 radical (unpaired) electrons. The molecule has 1 saturated carbocycles. The van der Waals surface area contributed by atoms with Gasteiger partial charge in [0, 0.05) is 34.2 Å². The van der Waals surface area contributed by atoms with E-state index in [0.29, 0.717) is 27.7 Å². The number of rotatable bonds is 5. The first-order valence-corrected chi connectivity index (χ1v) is 10.3. The number of amides is 1. The quantitative estimate of drug-likeness (QED) is 0.480. The van der Waals surface area contributed by atoms with E-state index in [1.807, 2.05) is 36.4 Å². The maximum Gasteiger partial charge on any atom is 0.235 e. The van der Waals surface area contributed by atoms with E-state index < -0.39 is 5.41 Å². The molecule has 2 aromatic carbocycles. The number of carbonyl (C=O) groups is 1. The van der Waals surface area contributed by atoms with E-state index in [1.165, 1.54) is 6.20 Å². The van der Waals surface area contributed by atoms with Crippen molar-refractivity contribution in [2.75, 3.05) is 5.32 Å². The number of tetrazole rings is 1. The number of hydrogen-bond acceptors (Lipinski definition) is 6. The van der Waals surface area contributed by atoms with Gasteiger partial charge in [0.2, 0.25) is 5.91 Å². The van der Waals surface area contributed by atoms with E-state index in [-0.39, 0.29) is 5.91 Å². The van der Waals surface area contributed by atoms with Crippen molar-refractivity contribution in [1.82, 2.24) is 25.6 Å². The number of hydrogen-bond donors (Lipinski definition) is 2. The number of H-pyrrole nitrogens is 1. The molecule has 4 aromatic rings. The number of benzene rings is 2. The molecule has 2 heterocycles. The Bertz CT molecular complexity index is 1360. The maximum absolute atomic E-state index is 13.2. The Balaban J connectivity index is 1.50. The molecular formula is C23H16ClN7O. The van der Waals surface area contributed by atoms with Crippen molar-refractivity contribution in [1.29, 1.82) is 5.26 Å². The van der Waals surface area contributed by atoms with Crippen LogP contribution in [0.1, 0.15) is 24.0 Å². The van der Waals surface area contributed by atoms with E-state index in [1.54, 1.807) is 18.3 Å². The minimum Gasteiger partial charge on any atom is -0.325 e. The number of carbonyl (C=O) groups excluding carboxylic acids is 1. The third-order valence-corrected chi connectivity index (χ3v) is 5.85. The first-order chi connectivity index (χ1) is 15.6. The summed E-state index contributed by atoms with van der Waals surface area (Å²) in [4.78, 5) is 17.3. The lowest BCUT2D eigenvalue weighted by Gasteiger charge is -2.17. The molecule has 1 aliphatic rings. The summed E-state index contributed by atoms with van der Waals surface area (Å²) in [5, 5.41) is 27.0. The topological polar surface area (TPSA) is 120 Å². The lowest BCUT2D eigenvalue weighted by molar-refractivity contribution is -0.118. The van der Waals surface area contributed by atoms with Crippen LogP contribution in [0.4, 0.5) is 5.69 Å². The second-order valence-electron chi connectivity index (χ2n) is 7.63. The molecular weight excluding hydrogens is 426 g/mol. The van der Waals surface area contributed by atoms with E-state index in [4.69, 9.17) is 11.6 Å². The highest BCUT2D eigenvalue weighted by molar-refractivity contribution is 6.30. The summed E-state index contributed by atoms with van der Waals surface area (Å²) in [5.74, 6) is 0.358. The molecule has 0 bridgehead atoms. The number of nitrogens with zero attached hydrogens (tertiary/aromatic N) is 5. The van der Waals surface area contributed by atoms with Gasteiger partial charge in [-0.2, -0.15) is 5.26 Å². The normalized spacial score (nSPS) is 13.9. The van der Waals surface area contributed by atoms with Gasteiger partial charge in [0.25, 0.3) is 0 Å². The molecule has 0 atom stereocenters. The fraction of sp³-hybridized carbons (Fsp3) is 0.130. The molecule has 1 amide bonds. The van der Waals surface area contributed by atoms with Crippen LogP contribution in [0, 0.1) is 11.3 Å². The number of aromatic amines is 1. The number of nitrogens with one attached hydrogen (secondary N) is 2. The van der Waals surface area contributed by atoms with Crippen LogP contribution in [0.5, 0.6) is 0 Å². The molecule has 5 rings (SSSR count). The van der Waals surface area contributed by atoms with Crippen LogP contribution in [-0.2, 0) is 10.2 Å². The van der Waals surface area contributed by atoms with Gasteiger partial charge in [-0.25, -0.2) is 5.10 Å². The molecule has 0 unspecified atom stereocenters. The summed E-state index contributed by atoms with van der Waals surface area (Å²) in [6.45, 7) is 0. The number of nitriles is 1. The van der Waals surface area contributed by atoms with E-state index >= 15 is 0 Å². The summed E-state index contributed by atoms with van der Waals surface area (Å²) in [7, 11) is 0. The van der Waals surface area contributed by atoms with Crippen LogP contribution in [-0.4, -0.2) is 31.5 Å². The predicted molar refractivity (Wildman–Crippen MR) is 119 cm³/mol. The Kier molecular flexibility index (Phi) is 4.88. The Morgan fingerprint density at radius 1 is 1.12 bits per heavy atom. The first kappa shape index (κ1) is 19.8. The van der Waals surface area contributed by atoms with Gasteiger partial charge < -0.3 is 5.32 Å². The van der Waals surface area contributed by atoms with Crippen molar-refractivity contribution in [3.05, 3.63) is 77.1 Å². The van der Waals surface area contributed by atoms with Crippen molar-refractivity contribution in [3.63, 3.8) is 0 Å². The third kappa shape index (κ3) is 3.59. The predicted octanol–water partition coefficient (Wildman–Crippen LogP) is 4.12. The number of aromatic nitrogens is 5. The fourth-order valence-corrected chi connectivity index (χ4v) is 3.99. The second kappa shape index (κ2) is 7.87. The summed E-state index contributed by atoms with van der Waals surface area (Å²) < 4.78 is 0. The Morgan fingerprint density at radius 2 is 2.00 bits per heavy atom. The zero-order chi connectivity index (χ0) is 22.1. The third-order valence-electron chi connectivity index (χ3n) is 5.62. The van der Waals surface area contributed by atoms with Gasteiger partial charge >= 0.3 is 0 Å². The smallest absolute Gasteiger partial charge is 0.235 e. The SMILES string of the molecule is N#Cc1cncc(-c2ccc(NC(=O)C3(c4cccc(Cl)c4)CC3)cc2-c2nnn[nH]2)c1. The van der Waals surface area contributed by atoms with Gasteiger partial charge in [-0.1, -0.05) is 29.8 Å². The molecule has 9 heteroatoms. The zero-order valence-corrected chi connectivity index (χ0v) is 17.5. The second-order valence-corrected chi connectivity index (χ2v) is 8.07. The molecule has 0 saturated heterocycles. The van der Waals surface area contributed by atoms with E-state index in [2.05, 4.69) is 37.0 Å². The van der Waals surface area contributed by atoms with Crippen LogP contribution in [0.25, 0.3) is 22.5 Å². The van der Waals surface area contributed by atoms with Gasteiger partial charge in [-0.15, -0.1) is 5.10 Å². The molecule has 2 aromatic heterocycles. The standard InChI is InChI=1S/C23H16ClN7O/c24-17-3-1-2-16(9-17)23(6-7-23)22(32)27-18-4-5-19(15-8-14(11-25)12-26-13-15)20(10-18)21-28-30-31-29-21/h1-5,8-10,12-13H,6-7H2,(H,27,32)(H,28,29,30,31). The van der Waals surface area contributed by atoms with E-state index in [9.17, 15) is 10.1 Å². The lowest BCUT2D eigenvalue weighted by atomic mass is 9.94. The zero-order valence-electron chi connectivity index (χ0n) is 16.7. The summed E-state index contributed by atoms with van der Waals surface area (Å²) in [6.07, 6.45) is 4.70. The Morgan fingerprint density at radius 3 is 2.72 bits per heavy atom. The summed E-state index contributed by atoms with van der Waals surface area (Å²) >= 11 is 6.14. The van der Waals surface area contributed by atoms with Crippen molar-refractivity contribution in [2.24, 2.45) is 0 Å². The molecule has 1 aliphatic carbocycles. The highest BCUT2D eigenvalue weighted by Gasteiger charge is 2.51. The fourth-order valence-electron chi connectivity index (χ4n) is 3.80. The summed E-state index contributed by atoms with van der Waals surface area (Å²) in [6, 6.07) is 16.7. The molecule has 2 N–H and O–H groups in total.